The summed E-state index contributed by atoms with van der Waals surface area (Å²) in [5.41, 5.74) is 8.68. The number of alkyl halides is 3. The Kier molecular flexibility index (Phi) is 8.50. The minimum absolute atomic E-state index is 0.0405. The van der Waals surface area contributed by atoms with Crippen molar-refractivity contribution in [2.45, 2.75) is 11.7 Å². The second-order valence-corrected chi connectivity index (χ2v) is 10.3. The van der Waals surface area contributed by atoms with Gasteiger partial charge in [0, 0.05) is 67.5 Å². The Morgan fingerprint density at radius 1 is 1.14 bits per heavy atom. The largest absolute Gasteiger partial charge is 0.405 e. The lowest BCUT2D eigenvalue weighted by atomic mass is 9.90. The van der Waals surface area contributed by atoms with Crippen molar-refractivity contribution in [3.63, 3.8) is 0 Å². The molecule has 0 radical (unpaired) electrons. The highest BCUT2D eigenvalue weighted by molar-refractivity contribution is 6.08. The number of likely N-dealkylation sites (tertiary alicyclic amines) is 1. The van der Waals surface area contributed by atoms with Gasteiger partial charge in [0.05, 0.1) is 36.8 Å². The fourth-order valence-electron chi connectivity index (χ4n) is 4.84. The summed E-state index contributed by atoms with van der Waals surface area (Å²) < 4.78 is 44.0. The van der Waals surface area contributed by atoms with Crippen LogP contribution in [0, 0.1) is 5.41 Å². The lowest BCUT2D eigenvalue weighted by Gasteiger charge is -2.51. The van der Waals surface area contributed by atoms with E-state index in [9.17, 15) is 22.8 Å². The van der Waals surface area contributed by atoms with E-state index in [1.54, 1.807) is 68.6 Å². The highest BCUT2D eigenvalue weighted by Crippen LogP contribution is 2.26. The van der Waals surface area contributed by atoms with Crippen LogP contribution in [0.1, 0.15) is 5.56 Å². The van der Waals surface area contributed by atoms with Crippen LogP contribution in [0.25, 0.3) is 22.5 Å². The molecule has 2 aliphatic heterocycles. The lowest BCUT2D eigenvalue weighted by Crippen LogP contribution is -2.74. The number of carbonyl (C=O) groups excluding carboxylic acids is 2. The van der Waals surface area contributed by atoms with Crippen LogP contribution >= 0.6 is 0 Å². The first-order valence-electron chi connectivity index (χ1n) is 13.5. The summed E-state index contributed by atoms with van der Waals surface area (Å²) in [6.07, 6.45) is 1.51. The molecule has 228 valence electrons. The molecule has 1 aromatic carbocycles. The second-order valence-electron chi connectivity index (χ2n) is 10.3. The molecule has 2 saturated heterocycles. The molecule has 4 heterocycles. The van der Waals surface area contributed by atoms with Crippen LogP contribution in [-0.2, 0) is 4.74 Å². The number of benzene rings is 1. The average Bonchev–Trinajstić information content (AvgIpc) is 3.41. The van der Waals surface area contributed by atoms with E-state index in [1.165, 1.54) is 6.21 Å². The Balaban J connectivity index is 1.26. The monoisotopic (exact) mass is 600 g/mol. The first-order chi connectivity index (χ1) is 20.6. The number of hydrogen-bond acceptors (Lipinski definition) is 8. The SMILES string of the molecule is N=C/C(=C\NC1(CN)CN(C(=O)N2CCOCC2)C1)c1cnn2c(-c3cccc(NC(=O)NCC(F)(F)F)c3)cnc2c1. The fraction of sp³-hybridized carbons (Fsp3) is 0.370. The minimum Gasteiger partial charge on any atom is -0.380 e. The van der Waals surface area contributed by atoms with Crippen molar-refractivity contribution in [3.05, 3.63) is 54.5 Å². The van der Waals surface area contributed by atoms with Crippen LogP contribution in [0.15, 0.2) is 48.9 Å². The predicted octanol–water partition coefficient (Wildman–Crippen LogP) is 2.13. The second kappa shape index (κ2) is 12.3. The van der Waals surface area contributed by atoms with Gasteiger partial charge in [-0.1, -0.05) is 12.1 Å². The summed E-state index contributed by atoms with van der Waals surface area (Å²) in [5, 5.41) is 19.9. The topological polar surface area (TPSA) is 166 Å². The summed E-state index contributed by atoms with van der Waals surface area (Å²) in [4.78, 5) is 32.5. The maximum atomic E-state index is 12.8. The molecule has 13 nitrogen and oxygen atoms in total. The number of halogens is 3. The number of imidazole rings is 1. The molecular weight excluding hydrogens is 569 g/mol. The van der Waals surface area contributed by atoms with E-state index in [-0.39, 0.29) is 6.03 Å². The molecule has 16 heteroatoms. The van der Waals surface area contributed by atoms with Gasteiger partial charge in [-0.3, -0.25) is 0 Å². The fourth-order valence-corrected chi connectivity index (χ4v) is 4.84. The number of hydrogen-bond donors (Lipinski definition) is 5. The van der Waals surface area contributed by atoms with Gasteiger partial charge in [-0.2, -0.15) is 18.3 Å². The van der Waals surface area contributed by atoms with E-state index < -0.39 is 24.3 Å². The standard InChI is InChI=1S/C27H31F3N10O3/c28-27(29,30)15-34-24(41)37-21-3-1-2-18(8-21)22-13-33-23-9-19(12-36-40(22)23)20(10-31)11-35-26(14-32)16-39(17-26)25(42)38-4-6-43-7-5-38/h1-3,8-13,31,35H,4-7,14-17,32H2,(H2,34,37,41)/b20-11+,31-10?. The predicted molar refractivity (Wildman–Crippen MR) is 153 cm³/mol. The quantitative estimate of drug-likeness (QED) is 0.247. The highest BCUT2D eigenvalue weighted by atomic mass is 19.4. The van der Waals surface area contributed by atoms with Crippen LogP contribution in [0.5, 0.6) is 0 Å². The smallest absolute Gasteiger partial charge is 0.380 e. The summed E-state index contributed by atoms with van der Waals surface area (Å²) in [6.45, 7) is 1.88. The Bertz CT molecular complexity index is 1530. The van der Waals surface area contributed by atoms with Crippen molar-refractivity contribution >= 4 is 35.2 Å². The molecule has 0 bridgehead atoms. The first kappa shape index (κ1) is 29.8. The van der Waals surface area contributed by atoms with Crippen molar-refractivity contribution < 1.29 is 27.5 Å². The normalized spacial score (nSPS) is 16.9. The van der Waals surface area contributed by atoms with Gasteiger partial charge >= 0.3 is 18.2 Å². The summed E-state index contributed by atoms with van der Waals surface area (Å²) in [5.74, 6) is 0. The first-order valence-corrected chi connectivity index (χ1v) is 13.5. The highest BCUT2D eigenvalue weighted by Gasteiger charge is 2.45. The maximum absolute atomic E-state index is 12.8. The molecular formula is C27H31F3N10O3. The Hall–Kier alpha value is -4.70. The molecule has 0 saturated carbocycles. The molecule has 3 aromatic rings. The van der Waals surface area contributed by atoms with Crippen LogP contribution in [0.4, 0.5) is 28.4 Å². The molecule has 0 atom stereocenters. The molecule has 2 aliphatic rings. The van der Waals surface area contributed by atoms with E-state index in [0.717, 1.165) is 0 Å². The molecule has 4 amide bonds. The summed E-state index contributed by atoms with van der Waals surface area (Å²) in [7, 11) is 0. The van der Waals surface area contributed by atoms with Gasteiger partial charge < -0.3 is 41.6 Å². The number of fused-ring (bicyclic) bond motifs is 1. The number of nitrogens with two attached hydrogens (primary N) is 1. The molecule has 2 aromatic heterocycles. The molecule has 6 N–H and O–H groups in total. The van der Waals surface area contributed by atoms with E-state index >= 15 is 0 Å². The number of nitrogens with one attached hydrogen (secondary N) is 4. The van der Waals surface area contributed by atoms with Crippen LogP contribution in [-0.4, -0.2) is 107 Å². The number of amides is 4. The zero-order valence-corrected chi connectivity index (χ0v) is 23.0. The maximum Gasteiger partial charge on any atom is 0.405 e. The van der Waals surface area contributed by atoms with Crippen molar-refractivity contribution in [1.82, 2.24) is 35.0 Å². The zero-order valence-electron chi connectivity index (χ0n) is 23.0. The number of urea groups is 2. The van der Waals surface area contributed by atoms with Gasteiger partial charge in [0.2, 0.25) is 0 Å². The van der Waals surface area contributed by atoms with Crippen LogP contribution in [0.2, 0.25) is 0 Å². The number of nitrogens with zero attached hydrogens (tertiary/aromatic N) is 5. The average molecular weight is 601 g/mol. The number of ether oxygens (including phenoxy) is 1. The molecule has 43 heavy (non-hydrogen) atoms. The van der Waals surface area contributed by atoms with Gasteiger partial charge in [0.15, 0.2) is 5.65 Å². The number of allylic oxidation sites excluding steroid dienone is 1. The molecule has 2 fully saturated rings. The van der Waals surface area contributed by atoms with Crippen molar-refractivity contribution in [1.29, 1.82) is 5.41 Å². The number of anilines is 1. The van der Waals surface area contributed by atoms with Crippen molar-refractivity contribution in [3.8, 4) is 11.3 Å². The minimum atomic E-state index is -4.52. The molecule has 0 unspecified atom stereocenters. The Labute approximate surface area is 244 Å². The third kappa shape index (κ3) is 6.86. The third-order valence-electron chi connectivity index (χ3n) is 7.18. The Morgan fingerprint density at radius 2 is 1.91 bits per heavy atom. The van der Waals surface area contributed by atoms with E-state index in [0.29, 0.717) is 79.7 Å². The van der Waals surface area contributed by atoms with E-state index in [4.69, 9.17) is 15.9 Å². The summed E-state index contributed by atoms with van der Waals surface area (Å²) in [6, 6.07) is 7.28. The van der Waals surface area contributed by atoms with E-state index in [2.05, 4.69) is 20.7 Å². The van der Waals surface area contributed by atoms with E-state index in [1.807, 2.05) is 0 Å². The number of morpholine rings is 1. The Morgan fingerprint density at radius 3 is 2.60 bits per heavy atom. The van der Waals surface area contributed by atoms with Crippen LogP contribution < -0.4 is 21.7 Å². The van der Waals surface area contributed by atoms with Gasteiger partial charge in [0.25, 0.3) is 0 Å². The van der Waals surface area contributed by atoms with Crippen LogP contribution in [0.3, 0.4) is 0 Å². The summed E-state index contributed by atoms with van der Waals surface area (Å²) >= 11 is 0. The zero-order chi connectivity index (χ0) is 30.6. The number of rotatable bonds is 8. The molecule has 0 aliphatic carbocycles. The molecule has 5 rings (SSSR count). The molecule has 0 spiro atoms. The van der Waals surface area contributed by atoms with Crippen molar-refractivity contribution in [2.75, 3.05) is 57.8 Å². The lowest BCUT2D eigenvalue weighted by molar-refractivity contribution is -0.122. The number of carbonyl (C=O) groups is 2. The van der Waals surface area contributed by atoms with Crippen molar-refractivity contribution in [2.24, 2.45) is 5.73 Å². The van der Waals surface area contributed by atoms with Gasteiger partial charge in [0.1, 0.15) is 6.54 Å². The number of aromatic nitrogens is 3. The van der Waals surface area contributed by atoms with Gasteiger partial charge in [-0.05, 0) is 18.2 Å². The third-order valence-corrected chi connectivity index (χ3v) is 7.18. The van der Waals surface area contributed by atoms with Gasteiger partial charge in [-0.15, -0.1) is 0 Å². The van der Waals surface area contributed by atoms with Gasteiger partial charge in [-0.25, -0.2) is 19.1 Å².